The second kappa shape index (κ2) is 7.06. The fraction of sp³-hybridized carbons (Fsp3) is 0.333. The number of fused-ring (bicyclic) bond motifs is 1. The van der Waals surface area contributed by atoms with Gasteiger partial charge >= 0.3 is 0 Å². The standard InChI is InChI=1S/C21H23N3S/c1-15(2)21-22-19-13-24(12-16-6-4-3-5-7-16)10-8-18(19)20(23-21)17-9-11-25-14-17/h3-7,9,11,14-15H,8,10,12-13H2,1-2H3. The Hall–Kier alpha value is -2.04. The maximum absolute atomic E-state index is 4.93. The van der Waals surface area contributed by atoms with Crippen LogP contribution in [0.15, 0.2) is 47.2 Å². The largest absolute Gasteiger partial charge is 0.293 e. The Kier molecular flexibility index (Phi) is 4.64. The summed E-state index contributed by atoms with van der Waals surface area (Å²) in [6, 6.07) is 12.9. The van der Waals surface area contributed by atoms with E-state index in [1.807, 2.05) is 0 Å². The van der Waals surface area contributed by atoms with Crippen LogP contribution in [0.25, 0.3) is 11.3 Å². The Morgan fingerprint density at radius 2 is 1.96 bits per heavy atom. The van der Waals surface area contributed by atoms with Crippen LogP contribution in [0.2, 0.25) is 0 Å². The first-order valence-electron chi connectivity index (χ1n) is 8.89. The Morgan fingerprint density at radius 3 is 2.68 bits per heavy atom. The molecule has 128 valence electrons. The molecular weight excluding hydrogens is 326 g/mol. The van der Waals surface area contributed by atoms with E-state index >= 15 is 0 Å². The van der Waals surface area contributed by atoms with Crippen molar-refractivity contribution in [1.29, 1.82) is 0 Å². The quantitative estimate of drug-likeness (QED) is 0.672. The number of hydrogen-bond donors (Lipinski definition) is 0. The molecule has 4 heteroatoms. The van der Waals surface area contributed by atoms with E-state index in [-0.39, 0.29) is 0 Å². The number of aromatic nitrogens is 2. The second-order valence-electron chi connectivity index (χ2n) is 6.97. The smallest absolute Gasteiger partial charge is 0.131 e. The molecule has 0 saturated carbocycles. The molecule has 0 saturated heterocycles. The maximum Gasteiger partial charge on any atom is 0.131 e. The van der Waals surface area contributed by atoms with E-state index in [1.54, 1.807) is 11.3 Å². The van der Waals surface area contributed by atoms with Gasteiger partial charge in [0.05, 0.1) is 11.4 Å². The van der Waals surface area contributed by atoms with Gasteiger partial charge in [-0.15, -0.1) is 0 Å². The third-order valence-corrected chi connectivity index (χ3v) is 5.40. The molecule has 0 N–H and O–H groups in total. The Bertz CT molecular complexity index is 841. The van der Waals surface area contributed by atoms with Crippen molar-refractivity contribution in [2.24, 2.45) is 0 Å². The maximum atomic E-state index is 4.93. The van der Waals surface area contributed by atoms with Gasteiger partial charge in [-0.3, -0.25) is 4.90 Å². The topological polar surface area (TPSA) is 29.0 Å². The van der Waals surface area contributed by atoms with Crippen LogP contribution in [-0.4, -0.2) is 21.4 Å². The normalized spacial score (nSPS) is 14.7. The van der Waals surface area contributed by atoms with Gasteiger partial charge in [-0.25, -0.2) is 9.97 Å². The third-order valence-electron chi connectivity index (χ3n) is 4.72. The summed E-state index contributed by atoms with van der Waals surface area (Å²) in [7, 11) is 0. The number of nitrogens with zero attached hydrogens (tertiary/aromatic N) is 3. The summed E-state index contributed by atoms with van der Waals surface area (Å²) in [6.07, 6.45) is 1.02. The first-order chi connectivity index (χ1) is 12.2. The van der Waals surface area contributed by atoms with Gasteiger partial charge in [-0.1, -0.05) is 44.2 Å². The van der Waals surface area contributed by atoms with E-state index in [0.717, 1.165) is 37.6 Å². The molecule has 25 heavy (non-hydrogen) atoms. The van der Waals surface area contributed by atoms with Gasteiger partial charge in [0.25, 0.3) is 0 Å². The molecule has 0 aliphatic carbocycles. The molecule has 2 aromatic heterocycles. The average molecular weight is 350 g/mol. The van der Waals surface area contributed by atoms with Crippen LogP contribution in [0.4, 0.5) is 0 Å². The fourth-order valence-corrected chi connectivity index (χ4v) is 4.02. The monoisotopic (exact) mass is 349 g/mol. The van der Waals surface area contributed by atoms with E-state index in [4.69, 9.17) is 9.97 Å². The number of benzene rings is 1. The molecule has 0 bridgehead atoms. The number of hydrogen-bond acceptors (Lipinski definition) is 4. The summed E-state index contributed by atoms with van der Waals surface area (Å²) in [6.45, 7) is 7.29. The van der Waals surface area contributed by atoms with Crippen LogP contribution in [0, 0.1) is 0 Å². The van der Waals surface area contributed by atoms with Crippen LogP contribution in [0.1, 0.15) is 42.4 Å². The van der Waals surface area contributed by atoms with Crippen molar-refractivity contribution in [2.45, 2.75) is 39.3 Å². The summed E-state index contributed by atoms with van der Waals surface area (Å²) in [5.74, 6) is 1.30. The van der Waals surface area contributed by atoms with E-state index in [2.05, 4.69) is 65.9 Å². The van der Waals surface area contributed by atoms with Crippen LogP contribution >= 0.6 is 11.3 Å². The molecule has 0 amide bonds. The zero-order valence-corrected chi connectivity index (χ0v) is 15.6. The van der Waals surface area contributed by atoms with Gasteiger partial charge in [0.1, 0.15) is 5.82 Å². The molecule has 0 radical (unpaired) electrons. The van der Waals surface area contributed by atoms with Crippen LogP contribution in [-0.2, 0) is 19.5 Å². The van der Waals surface area contributed by atoms with Crippen molar-refractivity contribution >= 4 is 11.3 Å². The lowest BCUT2D eigenvalue weighted by molar-refractivity contribution is 0.241. The lowest BCUT2D eigenvalue weighted by Crippen LogP contribution is -2.32. The predicted octanol–water partition coefficient (Wildman–Crippen LogP) is 4.89. The first-order valence-corrected chi connectivity index (χ1v) is 9.83. The average Bonchev–Trinajstić information content (AvgIpc) is 3.16. The van der Waals surface area contributed by atoms with E-state index in [0.29, 0.717) is 5.92 Å². The Morgan fingerprint density at radius 1 is 1.12 bits per heavy atom. The molecule has 1 aliphatic heterocycles. The first kappa shape index (κ1) is 16.4. The lowest BCUT2D eigenvalue weighted by atomic mass is 9.98. The van der Waals surface area contributed by atoms with Crippen molar-refractivity contribution in [3.05, 3.63) is 69.8 Å². The van der Waals surface area contributed by atoms with Crippen molar-refractivity contribution in [2.75, 3.05) is 6.54 Å². The molecule has 3 nitrogen and oxygen atoms in total. The van der Waals surface area contributed by atoms with Gasteiger partial charge in [0, 0.05) is 42.1 Å². The molecule has 1 aliphatic rings. The molecule has 0 spiro atoms. The highest BCUT2D eigenvalue weighted by Gasteiger charge is 2.23. The SMILES string of the molecule is CC(C)c1nc2c(c(-c3ccsc3)n1)CCN(Cc1ccccc1)C2. The molecule has 0 atom stereocenters. The molecule has 0 fully saturated rings. The molecule has 4 rings (SSSR count). The number of rotatable bonds is 4. The summed E-state index contributed by atoms with van der Waals surface area (Å²) < 4.78 is 0. The summed E-state index contributed by atoms with van der Waals surface area (Å²) in [5.41, 5.74) is 6.30. The van der Waals surface area contributed by atoms with Crippen molar-refractivity contribution in [3.63, 3.8) is 0 Å². The highest BCUT2D eigenvalue weighted by Crippen LogP contribution is 2.31. The predicted molar refractivity (Wildman–Crippen MR) is 104 cm³/mol. The second-order valence-corrected chi connectivity index (χ2v) is 7.75. The number of thiophene rings is 1. The molecule has 1 aromatic carbocycles. The molecule has 0 unspecified atom stereocenters. The van der Waals surface area contributed by atoms with Crippen LogP contribution in [0.5, 0.6) is 0 Å². The minimum Gasteiger partial charge on any atom is -0.293 e. The molecule has 3 heterocycles. The van der Waals surface area contributed by atoms with Gasteiger partial charge in [-0.05, 0) is 23.4 Å². The van der Waals surface area contributed by atoms with Gasteiger partial charge in [0.2, 0.25) is 0 Å². The molecular formula is C21H23N3S. The van der Waals surface area contributed by atoms with E-state index < -0.39 is 0 Å². The highest BCUT2D eigenvalue weighted by atomic mass is 32.1. The third kappa shape index (κ3) is 3.51. The minimum atomic E-state index is 0.340. The highest BCUT2D eigenvalue weighted by molar-refractivity contribution is 7.08. The molecule has 3 aromatic rings. The van der Waals surface area contributed by atoms with Gasteiger partial charge in [0.15, 0.2) is 0 Å². The van der Waals surface area contributed by atoms with E-state index in [1.165, 1.54) is 22.4 Å². The summed E-state index contributed by atoms with van der Waals surface area (Å²) >= 11 is 1.73. The van der Waals surface area contributed by atoms with Crippen LogP contribution < -0.4 is 0 Å². The zero-order chi connectivity index (χ0) is 17.2. The Balaban J connectivity index is 1.67. The zero-order valence-electron chi connectivity index (χ0n) is 14.8. The van der Waals surface area contributed by atoms with Crippen molar-refractivity contribution in [3.8, 4) is 11.3 Å². The summed E-state index contributed by atoms with van der Waals surface area (Å²) in [4.78, 5) is 12.3. The van der Waals surface area contributed by atoms with Crippen molar-refractivity contribution in [1.82, 2.24) is 14.9 Å². The van der Waals surface area contributed by atoms with Gasteiger partial charge < -0.3 is 0 Å². The van der Waals surface area contributed by atoms with Crippen molar-refractivity contribution < 1.29 is 0 Å². The van der Waals surface area contributed by atoms with E-state index in [9.17, 15) is 0 Å². The van der Waals surface area contributed by atoms with Crippen LogP contribution in [0.3, 0.4) is 0 Å². The Labute approximate surface area is 153 Å². The lowest BCUT2D eigenvalue weighted by Gasteiger charge is -2.29. The minimum absolute atomic E-state index is 0.340. The fourth-order valence-electron chi connectivity index (χ4n) is 3.38. The summed E-state index contributed by atoms with van der Waals surface area (Å²) in [5, 5.41) is 4.33. The van der Waals surface area contributed by atoms with Gasteiger partial charge in [-0.2, -0.15) is 11.3 Å².